The molecule has 0 aromatic carbocycles. The van der Waals surface area contributed by atoms with Crippen LogP contribution >= 0.6 is 0 Å². The van der Waals surface area contributed by atoms with Crippen molar-refractivity contribution in [2.24, 2.45) is 0 Å². The lowest BCUT2D eigenvalue weighted by atomic mass is 10.0. The van der Waals surface area contributed by atoms with Gasteiger partial charge in [0.25, 0.3) is 0 Å². The Bertz CT molecular complexity index is 1150. The number of ether oxygens (including phenoxy) is 1. The Hall–Kier alpha value is -1.66. The molecule has 0 heterocycles. The molecule has 74 heavy (non-hydrogen) atoms. The van der Waals surface area contributed by atoms with E-state index in [4.69, 9.17) is 4.74 Å². The van der Waals surface area contributed by atoms with E-state index in [2.05, 4.69) is 43.5 Å². The van der Waals surface area contributed by atoms with Gasteiger partial charge < -0.3 is 20.3 Å². The maximum atomic E-state index is 12.5. The highest BCUT2D eigenvalue weighted by molar-refractivity contribution is 5.76. The molecule has 0 aliphatic heterocycles. The third-order valence-electron chi connectivity index (χ3n) is 15.7. The van der Waals surface area contributed by atoms with Gasteiger partial charge in [-0.15, -0.1) is 0 Å². The van der Waals surface area contributed by atoms with Crippen LogP contribution in [0.3, 0.4) is 0 Å². The Balaban J connectivity index is 3.43. The van der Waals surface area contributed by atoms with Crippen molar-refractivity contribution in [1.82, 2.24) is 5.32 Å². The molecule has 0 spiro atoms. The Kier molecular flexibility index (Phi) is 62.4. The van der Waals surface area contributed by atoms with Gasteiger partial charge in [-0.3, -0.25) is 9.59 Å². The molecule has 1 amide bonds. The van der Waals surface area contributed by atoms with Crippen LogP contribution in [0.15, 0.2) is 24.3 Å². The van der Waals surface area contributed by atoms with Crippen molar-refractivity contribution in [2.75, 3.05) is 13.2 Å². The highest BCUT2D eigenvalue weighted by Gasteiger charge is 2.20. The number of amides is 1. The van der Waals surface area contributed by atoms with Crippen molar-refractivity contribution in [3.63, 3.8) is 0 Å². The first-order valence-corrected chi connectivity index (χ1v) is 33.6. The lowest BCUT2D eigenvalue weighted by Gasteiger charge is -2.22. The summed E-state index contributed by atoms with van der Waals surface area (Å²) < 4.78 is 5.50. The van der Waals surface area contributed by atoms with E-state index in [9.17, 15) is 19.8 Å². The van der Waals surface area contributed by atoms with Crippen LogP contribution in [0, 0.1) is 0 Å². The highest BCUT2D eigenvalue weighted by atomic mass is 16.5. The molecule has 0 fully saturated rings. The van der Waals surface area contributed by atoms with E-state index in [1.54, 1.807) is 0 Å². The van der Waals surface area contributed by atoms with Crippen LogP contribution in [-0.2, 0) is 14.3 Å². The topological polar surface area (TPSA) is 95.9 Å². The molecule has 0 aromatic rings. The smallest absolute Gasteiger partial charge is 0.305 e. The van der Waals surface area contributed by atoms with Crippen LogP contribution in [0.5, 0.6) is 0 Å². The molecule has 0 radical (unpaired) electrons. The summed E-state index contributed by atoms with van der Waals surface area (Å²) in [6, 6.07) is -0.553. The molecular weight excluding hydrogens is 911 g/mol. The van der Waals surface area contributed by atoms with Gasteiger partial charge in [0, 0.05) is 12.8 Å². The van der Waals surface area contributed by atoms with E-state index in [-0.39, 0.29) is 18.5 Å². The predicted molar refractivity (Wildman–Crippen MR) is 324 cm³/mol. The number of unbranched alkanes of at least 4 members (excludes halogenated alkanes) is 48. The van der Waals surface area contributed by atoms with Crippen LogP contribution in [0.1, 0.15) is 373 Å². The maximum absolute atomic E-state index is 12.5. The van der Waals surface area contributed by atoms with Crippen LogP contribution in [0.4, 0.5) is 0 Å². The number of nitrogens with one attached hydrogen (secondary N) is 1. The van der Waals surface area contributed by atoms with Crippen LogP contribution in [0.25, 0.3) is 0 Å². The number of carbonyl (C=O) groups excluding carboxylic acids is 2. The number of carbonyl (C=O) groups is 2. The SMILES string of the molecule is CCCCCCCC/C=C\CCCCCCCCCCCC(=O)OCCCCCCCCCCC/C=C\CCCCCCCC(=O)NC(CO)C(O)CCCCCCCCCCCCCCCCCCCCCC. The summed E-state index contributed by atoms with van der Waals surface area (Å²) in [7, 11) is 0. The lowest BCUT2D eigenvalue weighted by Crippen LogP contribution is -2.45. The van der Waals surface area contributed by atoms with Gasteiger partial charge in [-0.1, -0.05) is 308 Å². The molecule has 0 bridgehead atoms. The Morgan fingerprint density at radius 1 is 0.365 bits per heavy atom. The largest absolute Gasteiger partial charge is 0.466 e. The van der Waals surface area contributed by atoms with Gasteiger partial charge >= 0.3 is 5.97 Å². The van der Waals surface area contributed by atoms with Crippen LogP contribution in [-0.4, -0.2) is 47.4 Å². The molecule has 0 saturated heterocycles. The second kappa shape index (κ2) is 63.9. The van der Waals surface area contributed by atoms with E-state index in [1.165, 1.54) is 283 Å². The summed E-state index contributed by atoms with van der Waals surface area (Å²) >= 11 is 0. The number of aliphatic hydroxyl groups is 2. The van der Waals surface area contributed by atoms with E-state index < -0.39 is 12.1 Å². The van der Waals surface area contributed by atoms with Gasteiger partial charge in [-0.05, 0) is 77.0 Å². The second-order valence-corrected chi connectivity index (χ2v) is 23.1. The zero-order chi connectivity index (χ0) is 53.6. The Morgan fingerprint density at radius 2 is 0.635 bits per heavy atom. The number of hydrogen-bond acceptors (Lipinski definition) is 5. The minimum atomic E-state index is -0.674. The van der Waals surface area contributed by atoms with Crippen molar-refractivity contribution in [2.45, 2.75) is 386 Å². The normalized spacial score (nSPS) is 12.6. The number of aliphatic hydroxyl groups excluding tert-OH is 2. The molecule has 0 aliphatic carbocycles. The van der Waals surface area contributed by atoms with E-state index >= 15 is 0 Å². The number of esters is 1. The third-order valence-corrected chi connectivity index (χ3v) is 15.7. The summed E-state index contributed by atoms with van der Waals surface area (Å²) in [5.74, 6) is -0.0422. The van der Waals surface area contributed by atoms with Crippen LogP contribution < -0.4 is 5.32 Å². The van der Waals surface area contributed by atoms with Crippen LogP contribution in [0.2, 0.25) is 0 Å². The quantitative estimate of drug-likeness (QED) is 0.0320. The molecule has 3 N–H and O–H groups in total. The van der Waals surface area contributed by atoms with Crippen molar-refractivity contribution >= 4 is 11.9 Å². The summed E-state index contributed by atoms with van der Waals surface area (Å²) in [6.45, 7) is 4.97. The number of rotatable bonds is 63. The summed E-state index contributed by atoms with van der Waals surface area (Å²) in [4.78, 5) is 24.6. The predicted octanol–water partition coefficient (Wildman–Crippen LogP) is 21.4. The fourth-order valence-corrected chi connectivity index (χ4v) is 10.6. The van der Waals surface area contributed by atoms with Gasteiger partial charge in [0.2, 0.25) is 5.91 Å². The fourth-order valence-electron chi connectivity index (χ4n) is 10.6. The molecule has 0 saturated carbocycles. The van der Waals surface area contributed by atoms with Crippen molar-refractivity contribution in [1.29, 1.82) is 0 Å². The van der Waals surface area contributed by atoms with E-state index in [0.29, 0.717) is 25.9 Å². The second-order valence-electron chi connectivity index (χ2n) is 23.1. The third kappa shape index (κ3) is 59.6. The van der Waals surface area contributed by atoms with E-state index in [1.807, 2.05) is 0 Å². The monoisotopic (exact) mass is 1040 g/mol. The summed E-state index contributed by atoms with van der Waals surface area (Å²) in [5, 5.41) is 23.4. The standard InChI is InChI=1S/C68H131NO5/c1-3-5-7-9-11-13-15-17-19-21-23-25-28-32-36-40-44-48-52-56-60-66(71)65(64-70)69-67(72)61-57-53-49-45-41-37-33-29-26-27-31-35-39-43-47-51-55-59-63-74-68(73)62-58-54-50-46-42-38-34-30-24-22-20-18-16-14-12-10-8-6-4-2/h18,20,29,33,65-66,70-71H,3-17,19,21-28,30-32,34-64H2,1-2H3,(H,69,72)/b20-18-,33-29-. The molecular formula is C68H131NO5. The molecule has 438 valence electrons. The summed E-state index contributed by atoms with van der Waals surface area (Å²) in [6.07, 6.45) is 79.1. The van der Waals surface area contributed by atoms with Gasteiger partial charge in [0.1, 0.15) is 0 Å². The first-order valence-electron chi connectivity index (χ1n) is 33.6. The minimum absolute atomic E-state index is 0.00350. The Morgan fingerprint density at radius 3 is 0.959 bits per heavy atom. The zero-order valence-corrected chi connectivity index (χ0v) is 50.1. The molecule has 6 heteroatoms. The number of hydrogen-bond donors (Lipinski definition) is 3. The molecule has 0 rings (SSSR count). The molecule has 0 aromatic heterocycles. The van der Waals surface area contributed by atoms with Crippen molar-refractivity contribution in [3.8, 4) is 0 Å². The highest BCUT2D eigenvalue weighted by Crippen LogP contribution is 2.18. The molecule has 6 nitrogen and oxygen atoms in total. The van der Waals surface area contributed by atoms with Crippen molar-refractivity contribution < 1.29 is 24.5 Å². The zero-order valence-electron chi connectivity index (χ0n) is 50.1. The van der Waals surface area contributed by atoms with Gasteiger partial charge in [0.05, 0.1) is 25.4 Å². The molecule has 2 atom stereocenters. The average molecular weight is 1040 g/mol. The maximum Gasteiger partial charge on any atom is 0.305 e. The minimum Gasteiger partial charge on any atom is -0.466 e. The fraction of sp³-hybridized carbons (Fsp3) is 0.912. The molecule has 2 unspecified atom stereocenters. The molecule has 0 aliphatic rings. The Labute approximate surface area is 462 Å². The van der Waals surface area contributed by atoms with Gasteiger partial charge in [0.15, 0.2) is 0 Å². The first kappa shape index (κ1) is 72.3. The first-order chi connectivity index (χ1) is 36.5. The van der Waals surface area contributed by atoms with Crippen molar-refractivity contribution in [3.05, 3.63) is 24.3 Å². The lowest BCUT2D eigenvalue weighted by molar-refractivity contribution is -0.143. The number of allylic oxidation sites excluding steroid dienone is 4. The average Bonchev–Trinajstić information content (AvgIpc) is 3.40. The summed E-state index contributed by atoms with van der Waals surface area (Å²) in [5.41, 5.74) is 0. The van der Waals surface area contributed by atoms with Gasteiger partial charge in [-0.25, -0.2) is 0 Å². The van der Waals surface area contributed by atoms with E-state index in [0.717, 1.165) is 57.8 Å². The van der Waals surface area contributed by atoms with Gasteiger partial charge in [-0.2, -0.15) is 0 Å².